The summed E-state index contributed by atoms with van der Waals surface area (Å²) >= 11 is 0. The van der Waals surface area contributed by atoms with E-state index in [2.05, 4.69) is 11.1 Å². The van der Waals surface area contributed by atoms with E-state index < -0.39 is 16.5 Å². The minimum Gasteiger partial charge on any atom is -0.463 e. The fourth-order valence-corrected chi connectivity index (χ4v) is 2.64. The van der Waals surface area contributed by atoms with Gasteiger partial charge in [0.2, 0.25) is 0 Å². The predicted octanol–water partition coefficient (Wildman–Crippen LogP) is 2.26. The van der Waals surface area contributed by atoms with E-state index in [0.29, 0.717) is 19.3 Å². The minimum absolute atomic E-state index is 0.177. The molecule has 0 aromatic heterocycles. The van der Waals surface area contributed by atoms with Gasteiger partial charge in [-0.2, -0.15) is 8.42 Å². The first-order valence-corrected chi connectivity index (χ1v) is 9.20. The highest BCUT2D eigenvalue weighted by atomic mass is 32.3. The van der Waals surface area contributed by atoms with Crippen molar-refractivity contribution in [2.45, 2.75) is 70.5 Å². The second kappa shape index (κ2) is 10.1. The minimum atomic E-state index is -4.44. The number of carbonyl (C=O) groups is 1. The smallest absolute Gasteiger partial charge is 0.397 e. The van der Waals surface area contributed by atoms with Crippen molar-refractivity contribution in [3.8, 4) is 0 Å². The van der Waals surface area contributed by atoms with Crippen LogP contribution in [0, 0.1) is 0 Å². The van der Waals surface area contributed by atoms with Crippen molar-refractivity contribution in [3.05, 3.63) is 0 Å². The van der Waals surface area contributed by atoms with Crippen LogP contribution in [0.4, 0.5) is 0 Å². The third kappa shape index (κ3) is 9.34. The van der Waals surface area contributed by atoms with Crippen molar-refractivity contribution >= 4 is 16.4 Å². The van der Waals surface area contributed by atoms with Gasteiger partial charge < -0.3 is 9.47 Å². The monoisotopic (exact) mass is 338 g/mol. The zero-order valence-electron chi connectivity index (χ0n) is 13.0. The Morgan fingerprint density at radius 2 is 1.77 bits per heavy atom. The summed E-state index contributed by atoms with van der Waals surface area (Å²) in [6.07, 6.45) is 6.45. The van der Waals surface area contributed by atoms with Gasteiger partial charge in [-0.1, -0.05) is 32.6 Å². The molecule has 1 fully saturated rings. The Kier molecular flexibility index (Phi) is 8.92. The van der Waals surface area contributed by atoms with Crippen molar-refractivity contribution in [1.29, 1.82) is 0 Å². The zero-order chi connectivity index (χ0) is 16.4. The number of esters is 1. The first-order chi connectivity index (χ1) is 10.4. The van der Waals surface area contributed by atoms with Crippen LogP contribution in [0.25, 0.3) is 0 Å². The van der Waals surface area contributed by atoms with Gasteiger partial charge in [-0.15, -0.1) is 0 Å². The maximum absolute atomic E-state index is 11.6. The van der Waals surface area contributed by atoms with Crippen molar-refractivity contribution < 1.29 is 31.4 Å². The van der Waals surface area contributed by atoms with E-state index in [1.165, 1.54) is 12.8 Å². The van der Waals surface area contributed by atoms with Crippen LogP contribution >= 0.6 is 0 Å². The Hall–Kier alpha value is -0.700. The molecule has 1 heterocycles. The van der Waals surface area contributed by atoms with E-state index in [0.717, 1.165) is 19.3 Å². The van der Waals surface area contributed by atoms with Crippen LogP contribution < -0.4 is 0 Å². The highest BCUT2D eigenvalue weighted by molar-refractivity contribution is 7.80. The lowest BCUT2D eigenvalue weighted by molar-refractivity contribution is -0.147. The Balaban J connectivity index is 2.07. The topological polar surface area (TPSA) is 99.1 Å². The van der Waals surface area contributed by atoms with E-state index in [-0.39, 0.29) is 25.3 Å². The number of unbranched alkanes of at least 4 members (excludes halogenated alkanes) is 4. The summed E-state index contributed by atoms with van der Waals surface area (Å²) in [7, 11) is -4.44. The number of ether oxygens (including phenoxy) is 2. The molecule has 1 saturated heterocycles. The maximum atomic E-state index is 11.6. The molecule has 8 heteroatoms. The van der Waals surface area contributed by atoms with Gasteiger partial charge in [0.25, 0.3) is 0 Å². The standard InChI is InChI=1S/C14H26O7S/c1-2-3-4-5-6-7-14(15)19-10-12-8-9-13(21-12)11-20-22(16,17)18/h12-13H,2-11H2,1H3,(H,16,17,18). The first kappa shape index (κ1) is 19.3. The summed E-state index contributed by atoms with van der Waals surface area (Å²) in [5.41, 5.74) is 0. The molecule has 1 rings (SSSR count). The highest BCUT2D eigenvalue weighted by Crippen LogP contribution is 2.20. The van der Waals surface area contributed by atoms with E-state index >= 15 is 0 Å². The molecule has 0 spiro atoms. The van der Waals surface area contributed by atoms with Gasteiger partial charge >= 0.3 is 16.4 Å². The van der Waals surface area contributed by atoms with E-state index in [1.807, 2.05) is 0 Å². The Morgan fingerprint density at radius 3 is 2.41 bits per heavy atom. The predicted molar refractivity (Wildman–Crippen MR) is 79.7 cm³/mol. The van der Waals surface area contributed by atoms with Crippen LogP contribution in [0.1, 0.15) is 58.3 Å². The van der Waals surface area contributed by atoms with Crippen molar-refractivity contribution in [1.82, 2.24) is 0 Å². The lowest BCUT2D eigenvalue weighted by atomic mass is 10.1. The summed E-state index contributed by atoms with van der Waals surface area (Å²) in [5, 5.41) is 0. The third-order valence-electron chi connectivity index (χ3n) is 3.51. The zero-order valence-corrected chi connectivity index (χ0v) is 13.8. The molecule has 7 nitrogen and oxygen atoms in total. The van der Waals surface area contributed by atoms with Gasteiger partial charge in [0.1, 0.15) is 6.61 Å². The van der Waals surface area contributed by atoms with Crippen LogP contribution in [0.2, 0.25) is 0 Å². The molecule has 0 bridgehead atoms. The molecule has 1 N–H and O–H groups in total. The van der Waals surface area contributed by atoms with Gasteiger partial charge in [0, 0.05) is 6.42 Å². The van der Waals surface area contributed by atoms with E-state index in [9.17, 15) is 13.2 Å². The molecular weight excluding hydrogens is 312 g/mol. The lowest BCUT2D eigenvalue weighted by Gasteiger charge is -2.13. The molecule has 0 saturated carbocycles. The van der Waals surface area contributed by atoms with E-state index in [4.69, 9.17) is 14.0 Å². The summed E-state index contributed by atoms with van der Waals surface area (Å²) in [6, 6.07) is 0. The van der Waals surface area contributed by atoms with Crippen LogP contribution in [0.5, 0.6) is 0 Å². The molecule has 130 valence electrons. The van der Waals surface area contributed by atoms with E-state index in [1.54, 1.807) is 0 Å². The molecule has 22 heavy (non-hydrogen) atoms. The maximum Gasteiger partial charge on any atom is 0.397 e. The van der Waals surface area contributed by atoms with Crippen molar-refractivity contribution in [3.63, 3.8) is 0 Å². The molecule has 1 aliphatic rings. The van der Waals surface area contributed by atoms with Crippen molar-refractivity contribution in [2.75, 3.05) is 13.2 Å². The fourth-order valence-electron chi connectivity index (χ4n) is 2.32. The van der Waals surface area contributed by atoms with Gasteiger partial charge in [-0.3, -0.25) is 9.35 Å². The molecule has 2 atom stereocenters. The second-order valence-corrected chi connectivity index (χ2v) is 6.61. The molecule has 0 amide bonds. The molecular formula is C14H26O7S. The van der Waals surface area contributed by atoms with Gasteiger partial charge in [-0.25, -0.2) is 4.18 Å². The van der Waals surface area contributed by atoms with Gasteiger partial charge in [0.15, 0.2) is 0 Å². The average molecular weight is 338 g/mol. The third-order valence-corrected chi connectivity index (χ3v) is 3.95. The molecule has 0 radical (unpaired) electrons. The number of hydrogen-bond donors (Lipinski definition) is 1. The summed E-state index contributed by atoms with van der Waals surface area (Å²) in [5.74, 6) is -0.224. The Bertz CT molecular complexity index is 421. The summed E-state index contributed by atoms with van der Waals surface area (Å²) < 4.78 is 44.3. The average Bonchev–Trinajstić information content (AvgIpc) is 2.90. The largest absolute Gasteiger partial charge is 0.463 e. The quantitative estimate of drug-likeness (QED) is 0.350. The SMILES string of the molecule is CCCCCCCC(=O)OCC1CCC(COS(=O)(=O)O)O1. The molecule has 0 aliphatic carbocycles. The number of rotatable bonds is 11. The van der Waals surface area contributed by atoms with Crippen LogP contribution in [0.3, 0.4) is 0 Å². The lowest BCUT2D eigenvalue weighted by Crippen LogP contribution is -2.22. The molecule has 1 aliphatic heterocycles. The number of hydrogen-bond acceptors (Lipinski definition) is 6. The molecule has 2 unspecified atom stereocenters. The highest BCUT2D eigenvalue weighted by Gasteiger charge is 2.27. The summed E-state index contributed by atoms with van der Waals surface area (Å²) in [4.78, 5) is 11.6. The Morgan fingerprint density at radius 1 is 1.14 bits per heavy atom. The van der Waals surface area contributed by atoms with Gasteiger partial charge in [0.05, 0.1) is 18.8 Å². The molecule has 0 aromatic carbocycles. The van der Waals surface area contributed by atoms with Crippen LogP contribution in [-0.2, 0) is 28.9 Å². The van der Waals surface area contributed by atoms with Crippen LogP contribution in [-0.4, -0.2) is 44.4 Å². The first-order valence-electron chi connectivity index (χ1n) is 7.83. The second-order valence-electron chi connectivity index (χ2n) is 5.52. The molecule has 0 aromatic rings. The fraction of sp³-hybridized carbons (Fsp3) is 0.929. The Labute approximate surface area is 132 Å². The number of carbonyl (C=O) groups excluding carboxylic acids is 1. The van der Waals surface area contributed by atoms with Gasteiger partial charge in [-0.05, 0) is 19.3 Å². The summed E-state index contributed by atoms with van der Waals surface area (Å²) in [6.45, 7) is 2.10. The van der Waals surface area contributed by atoms with Crippen molar-refractivity contribution in [2.24, 2.45) is 0 Å². The normalized spacial score (nSPS) is 21.9. The van der Waals surface area contributed by atoms with Crippen LogP contribution in [0.15, 0.2) is 0 Å².